The Morgan fingerprint density at radius 3 is 2.88 bits per heavy atom. The van der Waals surface area contributed by atoms with Gasteiger partial charge in [0, 0.05) is 5.92 Å². The Morgan fingerprint density at radius 2 is 2.17 bits per heavy atom. The van der Waals surface area contributed by atoms with Crippen molar-refractivity contribution in [2.75, 3.05) is 5.88 Å². The maximum Gasteiger partial charge on any atom is 0.258 e. The van der Waals surface area contributed by atoms with Crippen LogP contribution in [0.15, 0.2) is 56.3 Å². The van der Waals surface area contributed by atoms with Gasteiger partial charge >= 0.3 is 0 Å². The lowest BCUT2D eigenvalue weighted by Gasteiger charge is -2.27. The molecule has 0 radical (unpaired) electrons. The first-order valence-electron chi connectivity index (χ1n) is 8.02. The topological polar surface area (TPSA) is 59.0 Å². The van der Waals surface area contributed by atoms with E-state index in [2.05, 4.69) is 5.10 Å². The van der Waals surface area contributed by atoms with Crippen LogP contribution in [-0.2, 0) is 4.79 Å². The molecule has 5 nitrogen and oxygen atoms in total. The van der Waals surface area contributed by atoms with Crippen molar-refractivity contribution in [1.29, 1.82) is 0 Å². The number of nitrogens with zero attached hydrogens (tertiary/aromatic N) is 2. The summed E-state index contributed by atoms with van der Waals surface area (Å²) < 4.78 is 11.0. The molecule has 1 saturated carbocycles. The molecule has 0 bridgehead atoms. The molecule has 24 heavy (non-hydrogen) atoms. The molecule has 2 aromatic rings. The van der Waals surface area contributed by atoms with Gasteiger partial charge < -0.3 is 8.83 Å². The standard InChI is InChI=1S/C18H17ClN2O3/c19-11-16(22)21-18(15-7-3-9-24-15)14-6-1-4-12(17(14)20-21)10-13-5-2-8-23-13/h2-3,5,7-10,14,18H,1,4,6,11H2/b12-10-. The second-order valence-electron chi connectivity index (χ2n) is 6.00. The maximum absolute atomic E-state index is 12.3. The molecule has 0 N–H and O–H groups in total. The first-order valence-corrected chi connectivity index (χ1v) is 8.56. The van der Waals surface area contributed by atoms with Crippen LogP contribution in [0.1, 0.15) is 36.8 Å². The predicted molar refractivity (Wildman–Crippen MR) is 90.5 cm³/mol. The summed E-state index contributed by atoms with van der Waals surface area (Å²) in [6.07, 6.45) is 8.21. The molecular formula is C18H17ClN2O3. The highest BCUT2D eigenvalue weighted by molar-refractivity contribution is 6.27. The largest absolute Gasteiger partial charge is 0.467 e. The molecule has 2 aromatic heterocycles. The average Bonchev–Trinajstić information content (AvgIpc) is 3.33. The number of fused-ring (bicyclic) bond motifs is 1. The van der Waals surface area contributed by atoms with E-state index in [1.807, 2.05) is 30.3 Å². The van der Waals surface area contributed by atoms with Crippen LogP contribution in [0.2, 0.25) is 0 Å². The van der Waals surface area contributed by atoms with Crippen LogP contribution >= 0.6 is 11.6 Å². The average molecular weight is 345 g/mol. The molecule has 1 aliphatic carbocycles. The molecule has 1 aliphatic heterocycles. The van der Waals surface area contributed by atoms with Crippen molar-refractivity contribution in [2.45, 2.75) is 25.3 Å². The highest BCUT2D eigenvalue weighted by atomic mass is 35.5. The van der Waals surface area contributed by atoms with E-state index in [1.165, 1.54) is 5.01 Å². The molecule has 4 rings (SSSR count). The Balaban J connectivity index is 1.74. The van der Waals surface area contributed by atoms with Crippen molar-refractivity contribution < 1.29 is 13.6 Å². The van der Waals surface area contributed by atoms with Gasteiger partial charge in [0.25, 0.3) is 5.91 Å². The summed E-state index contributed by atoms with van der Waals surface area (Å²) in [7, 11) is 0. The zero-order valence-corrected chi connectivity index (χ0v) is 13.8. The fraction of sp³-hybridized carbons (Fsp3) is 0.333. The smallest absolute Gasteiger partial charge is 0.258 e. The molecular weight excluding hydrogens is 328 g/mol. The summed E-state index contributed by atoms with van der Waals surface area (Å²) in [6.45, 7) is 0. The zero-order chi connectivity index (χ0) is 16.5. The van der Waals surface area contributed by atoms with Crippen molar-refractivity contribution in [2.24, 2.45) is 11.0 Å². The van der Waals surface area contributed by atoms with Gasteiger partial charge in [-0.2, -0.15) is 5.10 Å². The van der Waals surface area contributed by atoms with Gasteiger partial charge in [-0.3, -0.25) is 4.79 Å². The number of halogens is 1. The fourth-order valence-electron chi connectivity index (χ4n) is 3.55. The van der Waals surface area contributed by atoms with E-state index in [9.17, 15) is 4.79 Å². The SMILES string of the molecule is O=C(CCl)N1N=C2/C(=C\c3ccco3)CCCC2C1c1ccco1. The normalized spacial score (nSPS) is 25.0. The molecule has 3 heterocycles. The Bertz CT molecular complexity index is 777. The fourth-order valence-corrected chi connectivity index (χ4v) is 3.67. The van der Waals surface area contributed by atoms with Gasteiger partial charge in [-0.05, 0) is 55.2 Å². The minimum atomic E-state index is -0.221. The number of furan rings is 2. The van der Waals surface area contributed by atoms with Crippen molar-refractivity contribution in [3.8, 4) is 0 Å². The summed E-state index contributed by atoms with van der Waals surface area (Å²) in [5.41, 5.74) is 2.06. The Kier molecular flexibility index (Phi) is 4.02. The van der Waals surface area contributed by atoms with E-state index >= 15 is 0 Å². The Morgan fingerprint density at radius 1 is 1.33 bits per heavy atom. The Hall–Kier alpha value is -2.27. The van der Waals surface area contributed by atoms with Crippen molar-refractivity contribution in [1.82, 2.24) is 5.01 Å². The van der Waals surface area contributed by atoms with Crippen molar-refractivity contribution in [3.05, 3.63) is 53.9 Å². The lowest BCUT2D eigenvalue weighted by atomic mass is 9.79. The number of hydrogen-bond acceptors (Lipinski definition) is 4. The van der Waals surface area contributed by atoms with Gasteiger partial charge in [0.05, 0.1) is 18.2 Å². The quantitative estimate of drug-likeness (QED) is 0.783. The summed E-state index contributed by atoms with van der Waals surface area (Å²) in [5, 5.41) is 6.12. The van der Waals surface area contributed by atoms with Crippen LogP contribution in [0.5, 0.6) is 0 Å². The summed E-state index contributed by atoms with van der Waals surface area (Å²) in [5.74, 6) is 1.36. The number of allylic oxidation sites excluding steroid dienone is 1. The third kappa shape index (κ3) is 2.59. The van der Waals surface area contributed by atoms with E-state index in [4.69, 9.17) is 20.4 Å². The third-order valence-corrected chi connectivity index (χ3v) is 4.79. The van der Waals surface area contributed by atoms with Crippen LogP contribution in [0.4, 0.5) is 0 Å². The molecule has 124 valence electrons. The number of alkyl halides is 1. The number of rotatable bonds is 3. The van der Waals surface area contributed by atoms with Gasteiger partial charge in [-0.15, -0.1) is 11.6 Å². The van der Waals surface area contributed by atoms with E-state index in [-0.39, 0.29) is 23.7 Å². The molecule has 1 amide bonds. The molecule has 0 aromatic carbocycles. The molecule has 0 spiro atoms. The minimum absolute atomic E-state index is 0.0993. The van der Waals surface area contributed by atoms with Gasteiger partial charge in [-0.25, -0.2) is 5.01 Å². The van der Waals surface area contributed by atoms with Crippen LogP contribution < -0.4 is 0 Å². The van der Waals surface area contributed by atoms with E-state index in [0.717, 1.165) is 42.1 Å². The van der Waals surface area contributed by atoms with E-state index in [1.54, 1.807) is 12.5 Å². The van der Waals surface area contributed by atoms with Crippen LogP contribution in [0.25, 0.3) is 6.08 Å². The van der Waals surface area contributed by atoms with Crippen LogP contribution in [0, 0.1) is 5.92 Å². The Labute approximate surface area is 144 Å². The summed E-state index contributed by atoms with van der Waals surface area (Å²) in [4.78, 5) is 12.3. The molecule has 6 heteroatoms. The first kappa shape index (κ1) is 15.3. The summed E-state index contributed by atoms with van der Waals surface area (Å²) in [6, 6.07) is 7.28. The van der Waals surface area contributed by atoms with Crippen molar-refractivity contribution >= 4 is 29.3 Å². The monoisotopic (exact) mass is 344 g/mol. The second-order valence-corrected chi connectivity index (χ2v) is 6.27. The van der Waals surface area contributed by atoms with Crippen molar-refractivity contribution in [3.63, 3.8) is 0 Å². The first-order chi connectivity index (χ1) is 11.8. The van der Waals surface area contributed by atoms with Gasteiger partial charge in [0.2, 0.25) is 0 Å². The second kappa shape index (κ2) is 6.32. The number of hydrogen-bond donors (Lipinski definition) is 0. The van der Waals surface area contributed by atoms with E-state index in [0.29, 0.717) is 0 Å². The third-order valence-electron chi connectivity index (χ3n) is 4.57. The highest BCUT2D eigenvalue weighted by Crippen LogP contribution is 2.44. The molecule has 1 fully saturated rings. The molecule has 2 aliphatic rings. The van der Waals surface area contributed by atoms with Gasteiger partial charge in [0.15, 0.2) is 0 Å². The lowest BCUT2D eigenvalue weighted by molar-refractivity contribution is -0.131. The lowest BCUT2D eigenvalue weighted by Crippen LogP contribution is -2.32. The van der Waals surface area contributed by atoms with Gasteiger partial charge in [0.1, 0.15) is 23.4 Å². The number of amides is 1. The van der Waals surface area contributed by atoms with Crippen LogP contribution in [-0.4, -0.2) is 22.5 Å². The molecule has 2 atom stereocenters. The van der Waals surface area contributed by atoms with E-state index < -0.39 is 0 Å². The zero-order valence-electron chi connectivity index (χ0n) is 13.0. The highest BCUT2D eigenvalue weighted by Gasteiger charge is 2.44. The van der Waals surface area contributed by atoms with Gasteiger partial charge in [-0.1, -0.05) is 0 Å². The van der Waals surface area contributed by atoms with Crippen LogP contribution in [0.3, 0.4) is 0 Å². The maximum atomic E-state index is 12.3. The molecule has 0 saturated heterocycles. The number of carbonyl (C=O) groups is 1. The number of carbonyl (C=O) groups excluding carboxylic acids is 1. The molecule has 2 unspecified atom stereocenters. The number of hydrazone groups is 1. The summed E-state index contributed by atoms with van der Waals surface area (Å²) >= 11 is 5.79. The predicted octanol–water partition coefficient (Wildman–Crippen LogP) is 4.23. The minimum Gasteiger partial charge on any atom is -0.467 e.